The van der Waals surface area contributed by atoms with Crippen LogP contribution in [0.25, 0.3) is 0 Å². The van der Waals surface area contributed by atoms with Crippen molar-refractivity contribution in [1.29, 1.82) is 0 Å². The second-order valence-corrected chi connectivity index (χ2v) is 5.82. The normalized spacial score (nSPS) is 23.2. The van der Waals surface area contributed by atoms with Gasteiger partial charge in [-0.15, -0.1) is 0 Å². The zero-order valence-corrected chi connectivity index (χ0v) is 11.3. The molecule has 2 unspecified atom stereocenters. The predicted molar refractivity (Wildman–Crippen MR) is 70.6 cm³/mol. The van der Waals surface area contributed by atoms with Crippen LogP contribution in [0, 0.1) is 5.92 Å². The Bertz CT molecular complexity index is 223. The van der Waals surface area contributed by atoms with E-state index >= 15 is 0 Å². The van der Waals surface area contributed by atoms with Gasteiger partial charge in [0.2, 0.25) is 5.91 Å². The molecule has 16 heavy (non-hydrogen) atoms. The molecule has 0 radical (unpaired) electrons. The molecule has 1 rings (SSSR count). The number of nitrogens with two attached hydrogens (primary N) is 1. The van der Waals surface area contributed by atoms with Crippen molar-refractivity contribution >= 4 is 17.7 Å². The lowest BCUT2D eigenvalue weighted by atomic mass is 10.0. The Morgan fingerprint density at radius 1 is 1.56 bits per heavy atom. The standard InChI is InChI=1S/C12H24N2OS/c1-10(7-13)8-16-9-12(15)14-6-4-3-5-11(14)2/h10-11H,3-9,13H2,1-2H3. The minimum atomic E-state index is 0.307. The molecule has 1 aliphatic heterocycles. The van der Waals surface area contributed by atoms with Crippen molar-refractivity contribution in [2.24, 2.45) is 11.7 Å². The van der Waals surface area contributed by atoms with Crippen molar-refractivity contribution < 1.29 is 4.79 Å². The lowest BCUT2D eigenvalue weighted by Crippen LogP contribution is -2.43. The van der Waals surface area contributed by atoms with E-state index in [1.54, 1.807) is 11.8 Å². The summed E-state index contributed by atoms with van der Waals surface area (Å²) in [7, 11) is 0. The third-order valence-electron chi connectivity index (χ3n) is 3.15. The Balaban J connectivity index is 2.23. The number of hydrogen-bond donors (Lipinski definition) is 1. The summed E-state index contributed by atoms with van der Waals surface area (Å²) in [5, 5.41) is 0. The highest BCUT2D eigenvalue weighted by Crippen LogP contribution is 2.18. The SMILES string of the molecule is CC(CN)CSCC(=O)N1CCCCC1C. The van der Waals surface area contributed by atoms with Crippen LogP contribution in [0.5, 0.6) is 0 Å². The molecule has 0 spiro atoms. The van der Waals surface area contributed by atoms with Crippen molar-refractivity contribution in [3.05, 3.63) is 0 Å². The van der Waals surface area contributed by atoms with Gasteiger partial charge in [0.25, 0.3) is 0 Å². The average molecular weight is 244 g/mol. The van der Waals surface area contributed by atoms with E-state index in [0.717, 1.165) is 18.7 Å². The highest BCUT2D eigenvalue weighted by molar-refractivity contribution is 7.99. The molecule has 0 aromatic carbocycles. The molecule has 3 nitrogen and oxygen atoms in total. The van der Waals surface area contributed by atoms with E-state index in [4.69, 9.17) is 5.73 Å². The van der Waals surface area contributed by atoms with Crippen molar-refractivity contribution in [2.45, 2.75) is 39.2 Å². The number of piperidine rings is 1. The van der Waals surface area contributed by atoms with Crippen LogP contribution in [0.4, 0.5) is 0 Å². The molecule has 4 heteroatoms. The Morgan fingerprint density at radius 2 is 2.31 bits per heavy atom. The highest BCUT2D eigenvalue weighted by Gasteiger charge is 2.22. The maximum absolute atomic E-state index is 12.0. The van der Waals surface area contributed by atoms with Crippen LogP contribution in [0.15, 0.2) is 0 Å². The van der Waals surface area contributed by atoms with E-state index in [-0.39, 0.29) is 0 Å². The summed E-state index contributed by atoms with van der Waals surface area (Å²) in [4.78, 5) is 14.0. The van der Waals surface area contributed by atoms with Gasteiger partial charge in [0.15, 0.2) is 0 Å². The third-order valence-corrected chi connectivity index (χ3v) is 4.41. The van der Waals surface area contributed by atoms with Gasteiger partial charge in [0.1, 0.15) is 0 Å². The fourth-order valence-electron chi connectivity index (χ4n) is 1.97. The number of thioether (sulfide) groups is 1. The molecule has 1 heterocycles. The van der Waals surface area contributed by atoms with Crippen LogP contribution < -0.4 is 5.73 Å². The molecule has 0 aromatic heterocycles. The van der Waals surface area contributed by atoms with Gasteiger partial charge >= 0.3 is 0 Å². The van der Waals surface area contributed by atoms with Crippen LogP contribution >= 0.6 is 11.8 Å². The van der Waals surface area contributed by atoms with Gasteiger partial charge in [-0.2, -0.15) is 11.8 Å². The first-order valence-electron chi connectivity index (χ1n) is 6.22. The molecule has 94 valence electrons. The zero-order valence-electron chi connectivity index (χ0n) is 10.4. The zero-order chi connectivity index (χ0) is 12.0. The first kappa shape index (κ1) is 13.8. The minimum absolute atomic E-state index is 0.307. The molecule has 2 atom stereocenters. The van der Waals surface area contributed by atoms with Gasteiger partial charge in [-0.1, -0.05) is 6.92 Å². The molecule has 0 saturated carbocycles. The first-order valence-corrected chi connectivity index (χ1v) is 7.38. The molecular formula is C12H24N2OS. The van der Waals surface area contributed by atoms with Crippen LogP contribution in [-0.2, 0) is 4.79 Å². The lowest BCUT2D eigenvalue weighted by Gasteiger charge is -2.33. The number of likely N-dealkylation sites (tertiary alicyclic amines) is 1. The number of hydrogen-bond acceptors (Lipinski definition) is 3. The monoisotopic (exact) mass is 244 g/mol. The molecule has 1 aliphatic rings. The Labute approximate surface area is 103 Å². The van der Waals surface area contributed by atoms with E-state index in [0.29, 0.717) is 30.2 Å². The molecular weight excluding hydrogens is 220 g/mol. The number of amides is 1. The molecule has 0 bridgehead atoms. The van der Waals surface area contributed by atoms with Crippen molar-refractivity contribution in [1.82, 2.24) is 4.90 Å². The first-order chi connectivity index (χ1) is 7.65. The van der Waals surface area contributed by atoms with Gasteiger partial charge < -0.3 is 10.6 Å². The molecule has 1 fully saturated rings. The van der Waals surface area contributed by atoms with Gasteiger partial charge in [0, 0.05) is 12.6 Å². The van der Waals surface area contributed by atoms with E-state index in [1.807, 2.05) is 4.90 Å². The number of nitrogens with zero attached hydrogens (tertiary/aromatic N) is 1. The summed E-state index contributed by atoms with van der Waals surface area (Å²) in [5.74, 6) is 2.43. The molecule has 2 N–H and O–H groups in total. The van der Waals surface area contributed by atoms with E-state index < -0.39 is 0 Å². The average Bonchev–Trinajstić information content (AvgIpc) is 2.29. The van der Waals surface area contributed by atoms with E-state index in [1.165, 1.54) is 12.8 Å². The fraction of sp³-hybridized carbons (Fsp3) is 0.917. The highest BCUT2D eigenvalue weighted by atomic mass is 32.2. The van der Waals surface area contributed by atoms with Crippen molar-refractivity contribution in [3.63, 3.8) is 0 Å². The summed E-state index contributed by atoms with van der Waals surface area (Å²) < 4.78 is 0. The Hall–Kier alpha value is -0.220. The maximum Gasteiger partial charge on any atom is 0.232 e. The third kappa shape index (κ3) is 4.34. The van der Waals surface area contributed by atoms with Gasteiger partial charge in [-0.25, -0.2) is 0 Å². The van der Waals surface area contributed by atoms with E-state index in [9.17, 15) is 4.79 Å². The number of carbonyl (C=O) groups excluding carboxylic acids is 1. The summed E-state index contributed by atoms with van der Waals surface area (Å²) in [6.07, 6.45) is 3.60. The topological polar surface area (TPSA) is 46.3 Å². The lowest BCUT2D eigenvalue weighted by molar-refractivity contribution is -0.131. The van der Waals surface area contributed by atoms with Crippen LogP contribution in [-0.4, -0.2) is 41.4 Å². The smallest absolute Gasteiger partial charge is 0.232 e. The summed E-state index contributed by atoms with van der Waals surface area (Å²) in [5.41, 5.74) is 5.55. The van der Waals surface area contributed by atoms with Crippen LogP contribution in [0.1, 0.15) is 33.1 Å². The summed E-state index contributed by atoms with van der Waals surface area (Å²) in [6.45, 7) is 5.94. The quantitative estimate of drug-likeness (QED) is 0.801. The largest absolute Gasteiger partial charge is 0.339 e. The number of carbonyl (C=O) groups is 1. The summed E-state index contributed by atoms with van der Waals surface area (Å²) in [6, 6.07) is 0.439. The second-order valence-electron chi connectivity index (χ2n) is 4.79. The second kappa shape index (κ2) is 7.17. The number of rotatable bonds is 5. The van der Waals surface area contributed by atoms with Crippen molar-refractivity contribution in [3.8, 4) is 0 Å². The fourth-order valence-corrected chi connectivity index (χ4v) is 2.96. The van der Waals surface area contributed by atoms with E-state index in [2.05, 4.69) is 13.8 Å². The Morgan fingerprint density at radius 3 is 2.94 bits per heavy atom. The minimum Gasteiger partial charge on any atom is -0.339 e. The Kier molecular flexibility index (Phi) is 6.21. The molecule has 1 saturated heterocycles. The molecule has 0 aromatic rings. The van der Waals surface area contributed by atoms with Gasteiger partial charge in [-0.3, -0.25) is 4.79 Å². The van der Waals surface area contributed by atoms with Gasteiger partial charge in [0.05, 0.1) is 5.75 Å². The predicted octanol–water partition coefficient (Wildman–Crippen LogP) is 1.72. The van der Waals surface area contributed by atoms with Crippen molar-refractivity contribution in [2.75, 3.05) is 24.6 Å². The van der Waals surface area contributed by atoms with Crippen LogP contribution in [0.2, 0.25) is 0 Å². The van der Waals surface area contributed by atoms with Gasteiger partial charge in [-0.05, 0) is 44.4 Å². The summed E-state index contributed by atoms with van der Waals surface area (Å²) >= 11 is 1.72. The maximum atomic E-state index is 12.0. The van der Waals surface area contributed by atoms with Crippen LogP contribution in [0.3, 0.4) is 0 Å². The molecule has 0 aliphatic carbocycles. The molecule has 1 amide bonds.